The normalized spacial score (nSPS) is 17.1. The van der Waals surface area contributed by atoms with E-state index in [1.807, 2.05) is 30.5 Å². The average molecular weight is 572 g/mol. The van der Waals surface area contributed by atoms with Crippen molar-refractivity contribution in [3.63, 3.8) is 0 Å². The third kappa shape index (κ3) is 5.82. The molecule has 3 aromatic rings. The molecule has 0 fully saturated rings. The third-order valence-electron chi connectivity index (χ3n) is 6.41. The molecule has 2 aromatic heterocycles. The van der Waals surface area contributed by atoms with Gasteiger partial charge in [-0.2, -0.15) is 0 Å². The number of halogens is 1. The van der Waals surface area contributed by atoms with Gasteiger partial charge in [0.2, 0.25) is 5.91 Å². The first-order valence-electron chi connectivity index (χ1n) is 12.3. The number of carbonyl (C=O) groups is 1. The molecule has 0 radical (unpaired) electrons. The largest absolute Gasteiger partial charge is 0.493 e. The van der Waals surface area contributed by atoms with Gasteiger partial charge in [-0.25, -0.2) is 9.97 Å². The summed E-state index contributed by atoms with van der Waals surface area (Å²) in [4.78, 5) is 20.7. The van der Waals surface area contributed by atoms with Crippen molar-refractivity contribution in [2.24, 2.45) is 0 Å². The molecule has 190 valence electrons. The van der Waals surface area contributed by atoms with Crippen LogP contribution in [0.25, 0.3) is 0 Å². The van der Waals surface area contributed by atoms with Crippen LogP contribution < -0.4 is 14.8 Å². The first-order valence-corrected chi connectivity index (χ1v) is 16.8. The van der Waals surface area contributed by atoms with Crippen molar-refractivity contribution in [2.75, 3.05) is 18.5 Å². The minimum absolute atomic E-state index is 0.0180. The molecule has 1 amide bonds. The Morgan fingerprint density at radius 3 is 2.94 bits per heavy atom. The van der Waals surface area contributed by atoms with E-state index in [4.69, 9.17) is 19.2 Å². The van der Waals surface area contributed by atoms with Crippen molar-refractivity contribution in [2.45, 2.75) is 57.6 Å². The number of anilines is 1. The summed E-state index contributed by atoms with van der Waals surface area (Å²) >= 11 is 3.53. The second kappa shape index (κ2) is 10.4. The number of benzene rings is 1. The fourth-order valence-electron chi connectivity index (χ4n) is 4.45. The molecule has 1 N–H and O–H groups in total. The second-order valence-corrected chi connectivity index (χ2v) is 16.9. The Balaban J connectivity index is 1.30. The van der Waals surface area contributed by atoms with E-state index in [1.54, 1.807) is 6.20 Å². The molecule has 0 aliphatic carbocycles. The van der Waals surface area contributed by atoms with Gasteiger partial charge in [0, 0.05) is 39.1 Å². The molecule has 1 atom stereocenters. The van der Waals surface area contributed by atoms with Gasteiger partial charge >= 0.3 is 0 Å². The van der Waals surface area contributed by atoms with E-state index < -0.39 is 8.07 Å². The molecule has 1 aromatic carbocycles. The standard InChI is InChI=1S/C26H31BrN4O4Si/c1-36(2,3)11-10-33-16-31-14-23(27)29-26(31)18-12-17-13-19(4-6-21(17)34-15-18)35-22-8-9-28-25-20(22)5-7-24(32)30-25/h4,6,8-9,13-14,18H,5,7,10-12,15-16H2,1-3H3,(H,28,30,32). The molecule has 1 unspecified atom stereocenters. The highest BCUT2D eigenvalue weighted by Gasteiger charge is 2.27. The van der Waals surface area contributed by atoms with Gasteiger partial charge in [0.25, 0.3) is 0 Å². The number of carbonyl (C=O) groups excluding carboxylic acids is 1. The van der Waals surface area contributed by atoms with Gasteiger partial charge in [0.1, 0.15) is 40.2 Å². The van der Waals surface area contributed by atoms with Gasteiger partial charge in [0.05, 0.1) is 12.5 Å². The highest BCUT2D eigenvalue weighted by Crippen LogP contribution is 2.38. The summed E-state index contributed by atoms with van der Waals surface area (Å²) in [5.74, 6) is 3.91. The molecule has 0 bridgehead atoms. The number of nitrogens with one attached hydrogen (secondary N) is 1. The van der Waals surface area contributed by atoms with Crippen LogP contribution in [-0.2, 0) is 29.1 Å². The van der Waals surface area contributed by atoms with Crippen molar-refractivity contribution in [3.05, 3.63) is 58.2 Å². The Morgan fingerprint density at radius 2 is 2.11 bits per heavy atom. The topological polar surface area (TPSA) is 87.5 Å². The first kappa shape index (κ1) is 25.0. The van der Waals surface area contributed by atoms with Crippen LogP contribution in [0.1, 0.15) is 29.3 Å². The van der Waals surface area contributed by atoms with Crippen LogP contribution in [0.4, 0.5) is 5.82 Å². The molecule has 2 aliphatic rings. The zero-order valence-corrected chi connectivity index (χ0v) is 23.4. The Kier molecular flexibility index (Phi) is 7.18. The SMILES string of the molecule is C[Si](C)(C)CCOCn1cc(Br)nc1C1COc2ccc(Oc3ccnc4c3CCC(=O)N4)cc2C1. The Bertz CT molecular complexity index is 1270. The van der Waals surface area contributed by atoms with E-state index in [2.05, 4.69) is 50.4 Å². The fourth-order valence-corrected chi connectivity index (χ4v) is 5.63. The number of hydrogen-bond donors (Lipinski definition) is 1. The monoisotopic (exact) mass is 570 g/mol. The van der Waals surface area contributed by atoms with Crippen LogP contribution in [0.5, 0.6) is 17.2 Å². The van der Waals surface area contributed by atoms with E-state index in [0.29, 0.717) is 37.7 Å². The maximum atomic E-state index is 11.7. The number of pyridine rings is 1. The number of imidazole rings is 1. The maximum Gasteiger partial charge on any atom is 0.225 e. The molecule has 0 saturated heterocycles. The summed E-state index contributed by atoms with van der Waals surface area (Å²) in [6, 6.07) is 8.87. The predicted molar refractivity (Wildman–Crippen MR) is 144 cm³/mol. The van der Waals surface area contributed by atoms with Gasteiger partial charge in [-0.1, -0.05) is 19.6 Å². The van der Waals surface area contributed by atoms with Crippen LogP contribution in [0.3, 0.4) is 0 Å². The maximum absolute atomic E-state index is 11.7. The van der Waals surface area contributed by atoms with Crippen LogP contribution in [0.2, 0.25) is 25.7 Å². The highest BCUT2D eigenvalue weighted by atomic mass is 79.9. The van der Waals surface area contributed by atoms with Gasteiger partial charge in [-0.15, -0.1) is 0 Å². The number of ether oxygens (including phenoxy) is 3. The van der Waals surface area contributed by atoms with E-state index in [1.165, 1.54) is 0 Å². The lowest BCUT2D eigenvalue weighted by molar-refractivity contribution is -0.116. The number of fused-ring (bicyclic) bond motifs is 2. The third-order valence-corrected chi connectivity index (χ3v) is 8.49. The molecular weight excluding hydrogens is 540 g/mol. The van der Waals surface area contributed by atoms with Gasteiger partial charge < -0.3 is 24.1 Å². The van der Waals surface area contributed by atoms with Gasteiger partial charge in [0.15, 0.2) is 0 Å². The number of hydrogen-bond acceptors (Lipinski definition) is 6. The highest BCUT2D eigenvalue weighted by molar-refractivity contribution is 9.10. The molecule has 0 spiro atoms. The number of nitrogens with zero attached hydrogens (tertiary/aromatic N) is 3. The summed E-state index contributed by atoms with van der Waals surface area (Å²) in [6.45, 7) is 8.86. The van der Waals surface area contributed by atoms with Crippen molar-refractivity contribution >= 4 is 35.7 Å². The van der Waals surface area contributed by atoms with Crippen LogP contribution in [0.15, 0.2) is 41.3 Å². The molecule has 0 saturated carbocycles. The Labute approximate surface area is 220 Å². The van der Waals surface area contributed by atoms with Gasteiger partial charge in [-0.05, 0) is 64.6 Å². The lowest BCUT2D eigenvalue weighted by Gasteiger charge is -2.26. The molecule has 4 heterocycles. The summed E-state index contributed by atoms with van der Waals surface area (Å²) in [5.41, 5.74) is 2.00. The van der Waals surface area contributed by atoms with Crippen molar-refractivity contribution in [1.82, 2.24) is 14.5 Å². The van der Waals surface area contributed by atoms with E-state index >= 15 is 0 Å². The fraction of sp³-hybridized carbons (Fsp3) is 0.423. The quantitative estimate of drug-likeness (QED) is 0.274. The number of amides is 1. The van der Waals surface area contributed by atoms with E-state index in [9.17, 15) is 4.79 Å². The Hall–Kier alpha value is -2.69. The molecule has 10 heteroatoms. The zero-order chi connectivity index (χ0) is 25.3. The average Bonchev–Trinajstić information content (AvgIpc) is 3.21. The smallest absolute Gasteiger partial charge is 0.225 e. The van der Waals surface area contributed by atoms with Crippen molar-refractivity contribution < 1.29 is 19.0 Å². The second-order valence-electron chi connectivity index (χ2n) is 10.5. The minimum Gasteiger partial charge on any atom is -0.493 e. The predicted octanol–water partition coefficient (Wildman–Crippen LogP) is 5.75. The lowest BCUT2D eigenvalue weighted by Crippen LogP contribution is -2.24. The van der Waals surface area contributed by atoms with Gasteiger partial charge in [-0.3, -0.25) is 4.79 Å². The summed E-state index contributed by atoms with van der Waals surface area (Å²) in [5, 5.41) is 2.82. The zero-order valence-electron chi connectivity index (χ0n) is 20.8. The van der Waals surface area contributed by atoms with Crippen LogP contribution in [0, 0.1) is 0 Å². The molecule has 8 nitrogen and oxygen atoms in total. The molecule has 5 rings (SSSR count). The van der Waals surface area contributed by atoms with E-state index in [-0.39, 0.29) is 11.8 Å². The minimum atomic E-state index is -1.13. The first-order chi connectivity index (χ1) is 17.2. The summed E-state index contributed by atoms with van der Waals surface area (Å²) < 4.78 is 21.2. The molecule has 36 heavy (non-hydrogen) atoms. The van der Waals surface area contributed by atoms with Crippen LogP contribution >= 0.6 is 15.9 Å². The number of aromatic nitrogens is 3. The summed E-state index contributed by atoms with van der Waals surface area (Å²) in [6.07, 6.45) is 5.46. The molecule has 2 aliphatic heterocycles. The van der Waals surface area contributed by atoms with E-state index in [0.717, 1.165) is 52.1 Å². The molecular formula is C26H31BrN4O4Si. The van der Waals surface area contributed by atoms with Crippen LogP contribution in [-0.4, -0.2) is 41.7 Å². The van der Waals surface area contributed by atoms with Crippen molar-refractivity contribution in [1.29, 1.82) is 0 Å². The number of rotatable bonds is 8. The lowest BCUT2D eigenvalue weighted by atomic mass is 9.96. The summed E-state index contributed by atoms with van der Waals surface area (Å²) in [7, 11) is -1.13. The Morgan fingerprint density at radius 1 is 1.25 bits per heavy atom. The van der Waals surface area contributed by atoms with Crippen molar-refractivity contribution in [3.8, 4) is 17.2 Å².